The molecule has 0 spiro atoms. The molecule has 0 radical (unpaired) electrons. The molecule has 106 valence electrons. The summed E-state index contributed by atoms with van der Waals surface area (Å²) in [6, 6.07) is 0. The SMILES string of the molecule is C[C@]1(CO)O[C@@H](n2cc(Cl)c(N)nc2=O)[C@@H](F)[C@@H]1O. The second-order valence-electron chi connectivity index (χ2n) is 4.53. The van der Waals surface area contributed by atoms with Crippen LogP contribution in [-0.2, 0) is 4.74 Å². The number of nitrogens with zero attached hydrogens (tertiary/aromatic N) is 2. The number of nitrogen functional groups attached to an aromatic ring is 1. The van der Waals surface area contributed by atoms with E-state index in [9.17, 15) is 14.3 Å². The molecule has 9 heteroatoms. The molecule has 7 nitrogen and oxygen atoms in total. The number of rotatable bonds is 2. The van der Waals surface area contributed by atoms with E-state index in [1.54, 1.807) is 0 Å². The van der Waals surface area contributed by atoms with Crippen LogP contribution in [-0.4, -0.2) is 44.2 Å². The molecule has 0 unspecified atom stereocenters. The van der Waals surface area contributed by atoms with E-state index in [0.717, 1.165) is 10.8 Å². The molecular formula is C10H13ClFN3O4. The zero-order chi connectivity index (χ0) is 14.4. The van der Waals surface area contributed by atoms with Gasteiger partial charge in [-0.15, -0.1) is 0 Å². The zero-order valence-corrected chi connectivity index (χ0v) is 10.7. The van der Waals surface area contributed by atoms with Crippen LogP contribution in [0.3, 0.4) is 0 Å². The van der Waals surface area contributed by atoms with Gasteiger partial charge in [0.05, 0.1) is 11.6 Å². The minimum Gasteiger partial charge on any atom is -0.393 e. The fourth-order valence-corrected chi connectivity index (χ4v) is 2.03. The quantitative estimate of drug-likeness (QED) is 0.675. The van der Waals surface area contributed by atoms with E-state index in [-0.39, 0.29) is 10.8 Å². The fraction of sp³-hybridized carbons (Fsp3) is 0.600. The molecule has 1 fully saturated rings. The summed E-state index contributed by atoms with van der Waals surface area (Å²) in [5.74, 6) is -0.179. The summed E-state index contributed by atoms with van der Waals surface area (Å²) in [4.78, 5) is 15.1. The lowest BCUT2D eigenvalue weighted by Crippen LogP contribution is -2.42. The maximum atomic E-state index is 14.0. The van der Waals surface area contributed by atoms with Gasteiger partial charge >= 0.3 is 5.69 Å². The van der Waals surface area contributed by atoms with E-state index >= 15 is 0 Å². The van der Waals surface area contributed by atoms with Gasteiger partial charge in [-0.1, -0.05) is 11.6 Å². The summed E-state index contributed by atoms with van der Waals surface area (Å²) < 4.78 is 20.0. The van der Waals surface area contributed by atoms with Crippen LogP contribution < -0.4 is 11.4 Å². The highest BCUT2D eigenvalue weighted by atomic mass is 35.5. The molecule has 0 aromatic carbocycles. The third kappa shape index (κ3) is 2.20. The van der Waals surface area contributed by atoms with Crippen molar-refractivity contribution in [3.8, 4) is 0 Å². The summed E-state index contributed by atoms with van der Waals surface area (Å²) in [5.41, 5.74) is 2.99. The predicted octanol–water partition coefficient (Wildman–Crippen LogP) is -0.542. The minimum absolute atomic E-state index is 0.0394. The van der Waals surface area contributed by atoms with Gasteiger partial charge in [-0.2, -0.15) is 4.98 Å². The normalized spacial score (nSPS) is 34.7. The number of alkyl halides is 1. The third-order valence-corrected chi connectivity index (χ3v) is 3.40. The zero-order valence-electron chi connectivity index (χ0n) is 9.96. The van der Waals surface area contributed by atoms with Crippen molar-refractivity contribution < 1.29 is 19.3 Å². The first-order valence-electron chi connectivity index (χ1n) is 5.45. The molecule has 0 amide bonds. The van der Waals surface area contributed by atoms with Crippen LogP contribution in [0.5, 0.6) is 0 Å². The van der Waals surface area contributed by atoms with Gasteiger partial charge in [-0.3, -0.25) is 4.57 Å². The number of halogens is 2. The van der Waals surface area contributed by atoms with E-state index in [4.69, 9.17) is 27.2 Å². The molecule has 0 aliphatic carbocycles. The standard InChI is InChI=1S/C10H13ClFN3O4/c1-10(3-16)6(17)5(12)8(19-10)15-2-4(11)7(13)14-9(15)18/h2,5-6,8,16-17H,3H2,1H3,(H2,13,14,18)/t5-,6-,8+,10+/m0/s1. The number of ether oxygens (including phenoxy) is 1. The number of nitrogens with two attached hydrogens (primary N) is 1. The van der Waals surface area contributed by atoms with Crippen molar-refractivity contribution >= 4 is 17.4 Å². The van der Waals surface area contributed by atoms with Crippen LogP contribution in [0.25, 0.3) is 0 Å². The lowest BCUT2D eigenvalue weighted by Gasteiger charge is -2.24. The fourth-order valence-electron chi connectivity index (χ4n) is 1.88. The van der Waals surface area contributed by atoms with Gasteiger partial charge < -0.3 is 20.7 Å². The molecule has 2 rings (SSSR count). The van der Waals surface area contributed by atoms with Gasteiger partial charge in [0.25, 0.3) is 0 Å². The summed E-state index contributed by atoms with van der Waals surface area (Å²) in [6.45, 7) is 0.734. The van der Waals surface area contributed by atoms with Crippen LogP contribution in [0.1, 0.15) is 13.2 Å². The molecular weight excluding hydrogens is 281 g/mol. The Morgan fingerprint density at radius 2 is 2.37 bits per heavy atom. The number of hydrogen-bond acceptors (Lipinski definition) is 6. The minimum atomic E-state index is -1.91. The molecule has 1 saturated heterocycles. The highest BCUT2D eigenvalue weighted by Crippen LogP contribution is 2.38. The average Bonchev–Trinajstić information content (AvgIpc) is 2.59. The Bertz CT molecular complexity index is 554. The molecule has 4 N–H and O–H groups in total. The summed E-state index contributed by atoms with van der Waals surface area (Å²) >= 11 is 5.72. The van der Waals surface area contributed by atoms with Gasteiger partial charge in [-0.05, 0) is 6.92 Å². The maximum absolute atomic E-state index is 14.0. The van der Waals surface area contributed by atoms with Crippen molar-refractivity contribution in [1.82, 2.24) is 9.55 Å². The van der Waals surface area contributed by atoms with Crippen LogP contribution in [0.2, 0.25) is 5.02 Å². The molecule has 1 aromatic rings. The van der Waals surface area contributed by atoms with Crippen LogP contribution >= 0.6 is 11.6 Å². The molecule has 1 aliphatic heterocycles. The number of aliphatic hydroxyl groups is 2. The Balaban J connectivity index is 2.44. The second kappa shape index (κ2) is 4.71. The monoisotopic (exact) mass is 293 g/mol. The molecule has 2 heterocycles. The van der Waals surface area contributed by atoms with E-state index < -0.39 is 36.4 Å². The van der Waals surface area contributed by atoms with Gasteiger partial charge in [0, 0.05) is 6.20 Å². The van der Waals surface area contributed by atoms with Crippen molar-refractivity contribution in [1.29, 1.82) is 0 Å². The van der Waals surface area contributed by atoms with Crippen LogP contribution in [0.15, 0.2) is 11.0 Å². The third-order valence-electron chi connectivity index (χ3n) is 3.11. The number of aromatic nitrogens is 2. The molecule has 4 atom stereocenters. The Hall–Kier alpha value is -1.22. The van der Waals surface area contributed by atoms with Gasteiger partial charge in [0.15, 0.2) is 12.4 Å². The van der Waals surface area contributed by atoms with Crippen molar-refractivity contribution in [2.75, 3.05) is 12.3 Å². The first kappa shape index (κ1) is 14.2. The molecule has 1 aliphatic rings. The number of aliphatic hydroxyl groups excluding tert-OH is 2. The average molecular weight is 294 g/mol. The molecule has 0 bridgehead atoms. The van der Waals surface area contributed by atoms with Crippen molar-refractivity contribution in [2.45, 2.75) is 31.0 Å². The van der Waals surface area contributed by atoms with Gasteiger partial charge in [0.1, 0.15) is 17.5 Å². The Morgan fingerprint density at radius 3 is 2.89 bits per heavy atom. The number of anilines is 1. The maximum Gasteiger partial charge on any atom is 0.351 e. The van der Waals surface area contributed by atoms with Gasteiger partial charge in [-0.25, -0.2) is 9.18 Å². The second-order valence-corrected chi connectivity index (χ2v) is 4.94. The Morgan fingerprint density at radius 1 is 1.74 bits per heavy atom. The summed E-state index contributed by atoms with van der Waals surface area (Å²) in [6.07, 6.45) is -3.83. The molecule has 0 saturated carbocycles. The lowest BCUT2D eigenvalue weighted by molar-refractivity contribution is -0.117. The smallest absolute Gasteiger partial charge is 0.351 e. The summed E-state index contributed by atoms with van der Waals surface area (Å²) in [5, 5.41) is 18.8. The first-order chi connectivity index (χ1) is 8.80. The highest BCUT2D eigenvalue weighted by molar-refractivity contribution is 6.32. The van der Waals surface area contributed by atoms with Crippen molar-refractivity contribution in [3.05, 3.63) is 21.7 Å². The Kier molecular flexibility index (Phi) is 3.52. The predicted molar refractivity (Wildman–Crippen MR) is 64.4 cm³/mol. The van der Waals surface area contributed by atoms with Crippen LogP contribution in [0, 0.1) is 0 Å². The van der Waals surface area contributed by atoms with E-state index in [1.807, 2.05) is 0 Å². The van der Waals surface area contributed by atoms with E-state index in [2.05, 4.69) is 4.98 Å². The largest absolute Gasteiger partial charge is 0.393 e. The van der Waals surface area contributed by atoms with E-state index in [1.165, 1.54) is 6.92 Å². The van der Waals surface area contributed by atoms with Crippen LogP contribution in [0.4, 0.5) is 10.2 Å². The molecule has 19 heavy (non-hydrogen) atoms. The topological polar surface area (TPSA) is 111 Å². The highest BCUT2D eigenvalue weighted by Gasteiger charge is 2.53. The summed E-state index contributed by atoms with van der Waals surface area (Å²) in [7, 11) is 0. The Labute approximate surface area is 112 Å². The van der Waals surface area contributed by atoms with Gasteiger partial charge in [0.2, 0.25) is 0 Å². The lowest BCUT2D eigenvalue weighted by atomic mass is 9.99. The van der Waals surface area contributed by atoms with Crippen molar-refractivity contribution in [3.63, 3.8) is 0 Å². The van der Waals surface area contributed by atoms with E-state index in [0.29, 0.717) is 0 Å². The first-order valence-corrected chi connectivity index (χ1v) is 5.83. The number of hydrogen-bond donors (Lipinski definition) is 3. The molecule has 1 aromatic heterocycles. The van der Waals surface area contributed by atoms with Crippen molar-refractivity contribution in [2.24, 2.45) is 0 Å².